The second-order valence-electron chi connectivity index (χ2n) is 4.09. The zero-order chi connectivity index (χ0) is 12.8. The summed E-state index contributed by atoms with van der Waals surface area (Å²) in [4.78, 5) is 0. The normalized spacial score (nSPS) is 11.3. The SMILES string of the molecule is CC(C)COCCOCCOCCOCCN. The molecule has 0 saturated heterocycles. The van der Waals surface area contributed by atoms with Crippen molar-refractivity contribution in [1.29, 1.82) is 0 Å². The standard InChI is InChI=1S/C12H27NO4/c1-12(2)11-17-10-9-16-8-7-15-6-5-14-4-3-13/h12H,3-11,13H2,1-2H3. The lowest BCUT2D eigenvalue weighted by molar-refractivity contribution is -0.00387. The van der Waals surface area contributed by atoms with Crippen LogP contribution in [-0.4, -0.2) is 59.4 Å². The summed E-state index contributed by atoms with van der Waals surface area (Å²) >= 11 is 0. The fraction of sp³-hybridized carbons (Fsp3) is 1.00. The maximum Gasteiger partial charge on any atom is 0.0701 e. The monoisotopic (exact) mass is 249 g/mol. The lowest BCUT2D eigenvalue weighted by Gasteiger charge is -2.08. The van der Waals surface area contributed by atoms with Crippen molar-refractivity contribution >= 4 is 0 Å². The Morgan fingerprint density at radius 3 is 1.53 bits per heavy atom. The second kappa shape index (κ2) is 13.9. The van der Waals surface area contributed by atoms with E-state index in [1.54, 1.807) is 0 Å². The number of rotatable bonds is 13. The molecule has 0 aromatic heterocycles. The van der Waals surface area contributed by atoms with Crippen LogP contribution in [0.2, 0.25) is 0 Å². The Kier molecular flexibility index (Phi) is 13.7. The predicted molar refractivity (Wildman–Crippen MR) is 67.2 cm³/mol. The summed E-state index contributed by atoms with van der Waals surface area (Å²) in [6.07, 6.45) is 0. The van der Waals surface area contributed by atoms with Crippen molar-refractivity contribution in [2.45, 2.75) is 13.8 Å². The van der Waals surface area contributed by atoms with Crippen LogP contribution in [0.15, 0.2) is 0 Å². The van der Waals surface area contributed by atoms with Crippen molar-refractivity contribution in [2.75, 3.05) is 59.4 Å². The van der Waals surface area contributed by atoms with Gasteiger partial charge in [-0.2, -0.15) is 0 Å². The van der Waals surface area contributed by atoms with E-state index in [-0.39, 0.29) is 0 Å². The minimum absolute atomic E-state index is 0.555. The largest absolute Gasteiger partial charge is 0.379 e. The average Bonchev–Trinajstić information content (AvgIpc) is 2.30. The van der Waals surface area contributed by atoms with Gasteiger partial charge in [0.05, 0.1) is 46.2 Å². The number of hydrogen-bond acceptors (Lipinski definition) is 5. The molecule has 0 radical (unpaired) electrons. The fourth-order valence-corrected chi connectivity index (χ4v) is 1.06. The van der Waals surface area contributed by atoms with Gasteiger partial charge in [-0.1, -0.05) is 13.8 Å². The minimum Gasteiger partial charge on any atom is -0.379 e. The first-order chi connectivity index (χ1) is 8.27. The molecule has 0 atom stereocenters. The quantitative estimate of drug-likeness (QED) is 0.486. The molecule has 0 fully saturated rings. The smallest absolute Gasteiger partial charge is 0.0701 e. The summed E-state index contributed by atoms with van der Waals surface area (Å²) < 4.78 is 21.1. The van der Waals surface area contributed by atoms with Crippen LogP contribution < -0.4 is 5.73 Å². The number of ether oxygens (including phenoxy) is 4. The van der Waals surface area contributed by atoms with Gasteiger partial charge in [0.2, 0.25) is 0 Å². The van der Waals surface area contributed by atoms with Gasteiger partial charge in [0.1, 0.15) is 0 Å². The first-order valence-electron chi connectivity index (χ1n) is 6.28. The molecule has 0 aliphatic heterocycles. The molecule has 0 amide bonds. The molecule has 104 valence electrons. The molecular formula is C12H27NO4. The van der Waals surface area contributed by atoms with E-state index in [1.807, 2.05) is 0 Å². The van der Waals surface area contributed by atoms with E-state index in [2.05, 4.69) is 13.8 Å². The molecule has 0 saturated carbocycles. The Balaban J connectivity index is 2.89. The molecular weight excluding hydrogens is 222 g/mol. The van der Waals surface area contributed by atoms with Gasteiger partial charge in [-0.05, 0) is 5.92 Å². The van der Waals surface area contributed by atoms with E-state index < -0.39 is 0 Å². The summed E-state index contributed by atoms with van der Waals surface area (Å²) in [6, 6.07) is 0. The fourth-order valence-electron chi connectivity index (χ4n) is 1.06. The maximum absolute atomic E-state index is 5.37. The first-order valence-corrected chi connectivity index (χ1v) is 6.28. The van der Waals surface area contributed by atoms with E-state index in [0.717, 1.165) is 6.61 Å². The van der Waals surface area contributed by atoms with Crippen LogP contribution in [-0.2, 0) is 18.9 Å². The highest BCUT2D eigenvalue weighted by Crippen LogP contribution is 1.91. The van der Waals surface area contributed by atoms with Gasteiger partial charge in [-0.3, -0.25) is 0 Å². The average molecular weight is 249 g/mol. The summed E-state index contributed by atoms with van der Waals surface area (Å²) in [5.74, 6) is 0.576. The predicted octanol–water partition coefficient (Wildman–Crippen LogP) is 0.668. The van der Waals surface area contributed by atoms with Gasteiger partial charge in [-0.25, -0.2) is 0 Å². The van der Waals surface area contributed by atoms with Gasteiger partial charge in [0.25, 0.3) is 0 Å². The summed E-state index contributed by atoms with van der Waals surface area (Å²) in [6.45, 7) is 9.84. The van der Waals surface area contributed by atoms with Crippen LogP contribution >= 0.6 is 0 Å². The van der Waals surface area contributed by atoms with Crippen molar-refractivity contribution in [2.24, 2.45) is 11.7 Å². The summed E-state index contributed by atoms with van der Waals surface area (Å²) in [7, 11) is 0. The van der Waals surface area contributed by atoms with E-state index >= 15 is 0 Å². The van der Waals surface area contributed by atoms with E-state index in [0.29, 0.717) is 58.7 Å². The third-order valence-corrected chi connectivity index (χ3v) is 1.83. The minimum atomic E-state index is 0.555. The zero-order valence-electron chi connectivity index (χ0n) is 11.2. The Bertz CT molecular complexity index is 144. The van der Waals surface area contributed by atoms with Crippen LogP contribution in [0.5, 0.6) is 0 Å². The van der Waals surface area contributed by atoms with E-state index in [1.165, 1.54) is 0 Å². The van der Waals surface area contributed by atoms with Crippen molar-refractivity contribution in [1.82, 2.24) is 0 Å². The molecule has 0 aromatic rings. The van der Waals surface area contributed by atoms with Crippen molar-refractivity contribution < 1.29 is 18.9 Å². The molecule has 2 N–H and O–H groups in total. The highest BCUT2D eigenvalue weighted by Gasteiger charge is 1.94. The third-order valence-electron chi connectivity index (χ3n) is 1.83. The third kappa shape index (κ3) is 15.8. The van der Waals surface area contributed by atoms with Crippen LogP contribution in [0.3, 0.4) is 0 Å². The van der Waals surface area contributed by atoms with Crippen LogP contribution in [0.25, 0.3) is 0 Å². The molecule has 0 bridgehead atoms. The van der Waals surface area contributed by atoms with Crippen molar-refractivity contribution in [3.63, 3.8) is 0 Å². The van der Waals surface area contributed by atoms with Gasteiger partial charge in [-0.15, -0.1) is 0 Å². The molecule has 0 aromatic carbocycles. The topological polar surface area (TPSA) is 62.9 Å². The lowest BCUT2D eigenvalue weighted by Crippen LogP contribution is -2.14. The number of hydrogen-bond donors (Lipinski definition) is 1. The van der Waals surface area contributed by atoms with Gasteiger partial charge in [0.15, 0.2) is 0 Å². The van der Waals surface area contributed by atoms with Crippen LogP contribution in [0, 0.1) is 5.92 Å². The highest BCUT2D eigenvalue weighted by molar-refractivity contribution is 4.40. The van der Waals surface area contributed by atoms with Crippen LogP contribution in [0.4, 0.5) is 0 Å². The van der Waals surface area contributed by atoms with Gasteiger partial charge in [0, 0.05) is 13.2 Å². The lowest BCUT2D eigenvalue weighted by atomic mass is 10.2. The van der Waals surface area contributed by atoms with Crippen molar-refractivity contribution in [3.05, 3.63) is 0 Å². The van der Waals surface area contributed by atoms with Crippen LogP contribution in [0.1, 0.15) is 13.8 Å². The van der Waals surface area contributed by atoms with Crippen molar-refractivity contribution in [3.8, 4) is 0 Å². The molecule has 0 rings (SSSR count). The Morgan fingerprint density at radius 1 is 0.706 bits per heavy atom. The molecule has 0 aliphatic carbocycles. The molecule has 0 spiro atoms. The Hall–Kier alpha value is -0.200. The molecule has 0 aliphatic rings. The van der Waals surface area contributed by atoms with E-state index in [4.69, 9.17) is 24.7 Å². The molecule has 0 unspecified atom stereocenters. The summed E-state index contributed by atoms with van der Waals surface area (Å²) in [5, 5.41) is 0. The van der Waals surface area contributed by atoms with E-state index in [9.17, 15) is 0 Å². The Labute approximate surface area is 105 Å². The molecule has 5 heteroatoms. The highest BCUT2D eigenvalue weighted by atomic mass is 16.6. The maximum atomic E-state index is 5.37. The zero-order valence-corrected chi connectivity index (χ0v) is 11.2. The Morgan fingerprint density at radius 2 is 1.12 bits per heavy atom. The molecule has 17 heavy (non-hydrogen) atoms. The number of nitrogens with two attached hydrogens (primary N) is 1. The summed E-state index contributed by atoms with van der Waals surface area (Å²) in [5.41, 5.74) is 5.27. The molecule has 0 heterocycles. The van der Waals surface area contributed by atoms with Gasteiger partial charge >= 0.3 is 0 Å². The first kappa shape index (κ1) is 16.8. The second-order valence-corrected chi connectivity index (χ2v) is 4.09. The van der Waals surface area contributed by atoms with Gasteiger partial charge < -0.3 is 24.7 Å². The molecule has 5 nitrogen and oxygen atoms in total.